The van der Waals surface area contributed by atoms with E-state index in [1.807, 2.05) is 5.32 Å². The Labute approximate surface area is 162 Å². The molecule has 0 heterocycles. The fourth-order valence-corrected chi connectivity index (χ4v) is 2.49. The van der Waals surface area contributed by atoms with Gasteiger partial charge in [0.2, 0.25) is 5.91 Å². The van der Waals surface area contributed by atoms with Crippen molar-refractivity contribution in [1.82, 2.24) is 5.32 Å². The van der Waals surface area contributed by atoms with Crippen molar-refractivity contribution in [1.29, 1.82) is 0 Å². The van der Waals surface area contributed by atoms with Gasteiger partial charge in [0.05, 0.1) is 12.2 Å². The highest BCUT2D eigenvalue weighted by atomic mass is 35.5. The van der Waals surface area contributed by atoms with E-state index in [0.29, 0.717) is 16.1 Å². The van der Waals surface area contributed by atoms with Crippen molar-refractivity contribution in [3.63, 3.8) is 0 Å². The number of anilines is 1. The van der Waals surface area contributed by atoms with Crippen LogP contribution in [0.2, 0.25) is 10.0 Å². The first-order valence-electron chi connectivity index (χ1n) is 7.51. The van der Waals surface area contributed by atoms with E-state index >= 15 is 0 Å². The molecule has 0 saturated heterocycles. The normalized spacial score (nSPS) is 11.6. The zero-order valence-corrected chi connectivity index (χ0v) is 15.3. The molecule has 5 nitrogen and oxygen atoms in total. The molecule has 2 rings (SSSR count). The van der Waals surface area contributed by atoms with E-state index < -0.39 is 47.6 Å². The highest BCUT2D eigenvalue weighted by Crippen LogP contribution is 2.25. The van der Waals surface area contributed by atoms with Gasteiger partial charge in [-0.15, -0.1) is 0 Å². The second kappa shape index (κ2) is 8.96. The molecule has 0 aromatic heterocycles. The van der Waals surface area contributed by atoms with E-state index in [1.54, 1.807) is 0 Å². The number of nitrogens with one attached hydrogen (secondary N) is 2. The van der Waals surface area contributed by atoms with E-state index in [0.717, 1.165) is 6.07 Å². The summed E-state index contributed by atoms with van der Waals surface area (Å²) in [6.45, 7) is 0.887. The van der Waals surface area contributed by atoms with Gasteiger partial charge >= 0.3 is 0 Å². The van der Waals surface area contributed by atoms with Crippen LogP contribution in [0.4, 0.5) is 18.9 Å². The predicted octanol–water partition coefficient (Wildman–Crippen LogP) is 3.93. The number of hydrogen-bond donors (Lipinski definition) is 2. The number of rotatable bonds is 6. The lowest BCUT2D eigenvalue weighted by Crippen LogP contribution is -2.40. The van der Waals surface area contributed by atoms with Gasteiger partial charge in [-0.05, 0) is 37.3 Å². The van der Waals surface area contributed by atoms with Gasteiger partial charge in [0, 0.05) is 10.0 Å². The number of carbonyl (C=O) groups is 2. The number of benzene rings is 2. The summed E-state index contributed by atoms with van der Waals surface area (Å²) in [7, 11) is 0. The number of halogens is 5. The third-order valence-corrected chi connectivity index (χ3v) is 3.69. The van der Waals surface area contributed by atoms with Crippen LogP contribution in [0.15, 0.2) is 30.3 Å². The number of amides is 2. The first-order valence-corrected chi connectivity index (χ1v) is 8.26. The van der Waals surface area contributed by atoms with Gasteiger partial charge < -0.3 is 15.4 Å². The Morgan fingerprint density at radius 2 is 1.70 bits per heavy atom. The van der Waals surface area contributed by atoms with Gasteiger partial charge in [-0.3, -0.25) is 9.59 Å². The van der Waals surface area contributed by atoms with Gasteiger partial charge in [0.1, 0.15) is 5.75 Å². The van der Waals surface area contributed by atoms with Crippen LogP contribution in [-0.4, -0.2) is 24.5 Å². The summed E-state index contributed by atoms with van der Waals surface area (Å²) in [6.07, 6.45) is -0.993. The molecule has 1 atom stereocenters. The number of carbonyl (C=O) groups excluding carboxylic acids is 2. The van der Waals surface area contributed by atoms with Gasteiger partial charge in [-0.2, -0.15) is 0 Å². The minimum absolute atomic E-state index is 0.253. The Bertz CT molecular complexity index is 860. The van der Waals surface area contributed by atoms with Crippen LogP contribution in [0.1, 0.15) is 6.92 Å². The first-order chi connectivity index (χ1) is 12.7. The summed E-state index contributed by atoms with van der Waals surface area (Å²) in [4.78, 5) is 23.7. The lowest BCUT2D eigenvalue weighted by atomic mass is 10.2. The summed E-state index contributed by atoms with van der Waals surface area (Å²) in [6, 6.07) is 5.93. The van der Waals surface area contributed by atoms with Crippen molar-refractivity contribution in [3.8, 4) is 5.75 Å². The molecule has 2 aromatic carbocycles. The van der Waals surface area contributed by atoms with Crippen molar-refractivity contribution in [2.24, 2.45) is 0 Å². The van der Waals surface area contributed by atoms with E-state index in [4.69, 9.17) is 27.9 Å². The first kappa shape index (κ1) is 20.9. The molecule has 0 aliphatic carbocycles. The zero-order valence-electron chi connectivity index (χ0n) is 13.8. The lowest BCUT2D eigenvalue weighted by molar-refractivity contribution is -0.129. The van der Waals surface area contributed by atoms with Gasteiger partial charge in [0.15, 0.2) is 23.6 Å². The SMILES string of the molecule is CC(Oc1cc(Cl)cc(Cl)c1)C(=O)NCC(=O)Nc1ccc(F)c(F)c1F. The third kappa shape index (κ3) is 5.77. The highest BCUT2D eigenvalue weighted by molar-refractivity contribution is 6.34. The molecule has 1 unspecified atom stereocenters. The third-order valence-electron chi connectivity index (χ3n) is 3.25. The van der Waals surface area contributed by atoms with Crippen LogP contribution in [0, 0.1) is 17.5 Å². The molecule has 2 N–H and O–H groups in total. The molecule has 10 heteroatoms. The van der Waals surface area contributed by atoms with Gasteiger partial charge in [-0.25, -0.2) is 13.2 Å². The van der Waals surface area contributed by atoms with E-state index in [9.17, 15) is 22.8 Å². The topological polar surface area (TPSA) is 67.4 Å². The van der Waals surface area contributed by atoms with E-state index in [-0.39, 0.29) is 5.75 Å². The fourth-order valence-electron chi connectivity index (χ4n) is 1.98. The summed E-state index contributed by atoms with van der Waals surface area (Å²) in [5, 5.41) is 4.93. The summed E-state index contributed by atoms with van der Waals surface area (Å²) < 4.78 is 44.8. The van der Waals surface area contributed by atoms with Crippen molar-refractivity contribution < 1.29 is 27.5 Å². The van der Waals surface area contributed by atoms with Gasteiger partial charge in [0.25, 0.3) is 5.91 Å². The van der Waals surface area contributed by atoms with E-state index in [1.165, 1.54) is 25.1 Å². The van der Waals surface area contributed by atoms with Crippen molar-refractivity contribution in [2.45, 2.75) is 13.0 Å². The summed E-state index contributed by atoms with van der Waals surface area (Å²) in [5.41, 5.74) is -0.550. The minimum Gasteiger partial charge on any atom is -0.481 e. The predicted molar refractivity (Wildman–Crippen MR) is 94.5 cm³/mol. The van der Waals surface area contributed by atoms with Crippen molar-refractivity contribution in [2.75, 3.05) is 11.9 Å². The van der Waals surface area contributed by atoms with Crippen LogP contribution < -0.4 is 15.4 Å². The number of hydrogen-bond acceptors (Lipinski definition) is 3. The molecule has 0 bridgehead atoms. The molecular weight excluding hydrogens is 408 g/mol. The summed E-state index contributed by atoms with van der Waals surface area (Å²) in [5.74, 6) is -5.86. The van der Waals surface area contributed by atoms with Crippen LogP contribution in [0.3, 0.4) is 0 Å². The maximum atomic E-state index is 13.5. The summed E-state index contributed by atoms with van der Waals surface area (Å²) >= 11 is 11.7. The average molecular weight is 421 g/mol. The standard InChI is InChI=1S/C17H13Cl2F3N2O3/c1-8(27-11-5-9(18)4-10(19)6-11)17(26)23-7-14(25)24-13-3-2-12(20)15(21)16(13)22/h2-6,8H,7H2,1H3,(H,23,26)(H,24,25). The Morgan fingerprint density at radius 1 is 1.07 bits per heavy atom. The average Bonchev–Trinajstić information content (AvgIpc) is 2.59. The van der Waals surface area contributed by atoms with Gasteiger partial charge in [-0.1, -0.05) is 23.2 Å². The number of ether oxygens (including phenoxy) is 1. The molecule has 27 heavy (non-hydrogen) atoms. The lowest BCUT2D eigenvalue weighted by Gasteiger charge is -2.15. The molecule has 2 amide bonds. The van der Waals surface area contributed by atoms with Crippen molar-refractivity contribution >= 4 is 40.7 Å². The van der Waals surface area contributed by atoms with E-state index in [2.05, 4.69) is 5.32 Å². The molecule has 0 aliphatic heterocycles. The Balaban J connectivity index is 1.89. The Hall–Kier alpha value is -2.45. The van der Waals surface area contributed by atoms with Crippen LogP contribution in [0.25, 0.3) is 0 Å². The maximum absolute atomic E-state index is 13.5. The van der Waals surface area contributed by atoms with Crippen LogP contribution in [-0.2, 0) is 9.59 Å². The molecule has 0 radical (unpaired) electrons. The maximum Gasteiger partial charge on any atom is 0.261 e. The molecule has 144 valence electrons. The molecule has 2 aromatic rings. The second-order valence-electron chi connectivity index (χ2n) is 5.35. The monoisotopic (exact) mass is 420 g/mol. The molecule has 0 saturated carbocycles. The fraction of sp³-hybridized carbons (Fsp3) is 0.176. The molecule has 0 aliphatic rings. The largest absolute Gasteiger partial charge is 0.481 e. The minimum atomic E-state index is -1.71. The molecule has 0 spiro atoms. The quantitative estimate of drug-likeness (QED) is 0.695. The Kier molecular flexibility index (Phi) is 6.92. The Morgan fingerprint density at radius 3 is 2.33 bits per heavy atom. The van der Waals surface area contributed by atoms with Crippen LogP contribution in [0.5, 0.6) is 5.75 Å². The zero-order chi connectivity index (χ0) is 20.1. The van der Waals surface area contributed by atoms with Crippen molar-refractivity contribution in [3.05, 3.63) is 57.8 Å². The smallest absolute Gasteiger partial charge is 0.261 e. The second-order valence-corrected chi connectivity index (χ2v) is 6.23. The molecule has 0 fully saturated rings. The molecular formula is C17H13Cl2F3N2O3. The van der Waals surface area contributed by atoms with Crippen LogP contribution >= 0.6 is 23.2 Å². The highest BCUT2D eigenvalue weighted by Gasteiger charge is 2.18.